The standard InChI is InChI=1S/C17H16ClFO2/c1-10(2)15-8-17(11(3)4-16(15)18)21-14-6-12(9-20)5-13(19)7-14/h4-10H,1-3H3. The molecule has 2 aromatic rings. The first-order valence-electron chi connectivity index (χ1n) is 6.64. The van der Waals surface area contributed by atoms with E-state index < -0.39 is 5.82 Å². The lowest BCUT2D eigenvalue weighted by Crippen LogP contribution is -1.95. The molecule has 0 saturated carbocycles. The highest BCUT2D eigenvalue weighted by Crippen LogP contribution is 2.34. The first-order valence-corrected chi connectivity index (χ1v) is 7.02. The molecule has 0 aliphatic heterocycles. The molecule has 2 aromatic carbocycles. The minimum absolute atomic E-state index is 0.237. The summed E-state index contributed by atoms with van der Waals surface area (Å²) in [4.78, 5) is 10.8. The fourth-order valence-corrected chi connectivity index (χ4v) is 2.50. The molecule has 0 aromatic heterocycles. The first kappa shape index (κ1) is 15.5. The zero-order valence-corrected chi connectivity index (χ0v) is 12.9. The fourth-order valence-electron chi connectivity index (χ4n) is 2.06. The number of halogens is 2. The molecule has 0 fully saturated rings. The van der Waals surface area contributed by atoms with Gasteiger partial charge in [-0.2, -0.15) is 0 Å². The molecule has 0 heterocycles. The zero-order valence-electron chi connectivity index (χ0n) is 12.1. The van der Waals surface area contributed by atoms with Crippen LogP contribution < -0.4 is 4.74 Å². The maximum atomic E-state index is 13.4. The Bertz CT molecular complexity index is 681. The van der Waals surface area contributed by atoms with Crippen LogP contribution in [0.3, 0.4) is 0 Å². The fraction of sp³-hybridized carbons (Fsp3) is 0.235. The molecule has 0 saturated heterocycles. The van der Waals surface area contributed by atoms with Crippen molar-refractivity contribution in [3.8, 4) is 11.5 Å². The molecule has 0 bridgehead atoms. The van der Waals surface area contributed by atoms with Gasteiger partial charge in [-0.1, -0.05) is 25.4 Å². The second kappa shape index (κ2) is 6.27. The molecule has 110 valence electrons. The van der Waals surface area contributed by atoms with Crippen molar-refractivity contribution in [1.29, 1.82) is 0 Å². The summed E-state index contributed by atoms with van der Waals surface area (Å²) in [7, 11) is 0. The number of aldehydes is 1. The molecule has 0 atom stereocenters. The van der Waals surface area contributed by atoms with E-state index in [1.807, 2.05) is 32.9 Å². The van der Waals surface area contributed by atoms with Crippen LogP contribution in [0.15, 0.2) is 30.3 Å². The normalized spacial score (nSPS) is 10.8. The van der Waals surface area contributed by atoms with Crippen molar-refractivity contribution in [3.05, 3.63) is 57.9 Å². The van der Waals surface area contributed by atoms with Crippen LogP contribution >= 0.6 is 11.6 Å². The Balaban J connectivity index is 2.41. The second-order valence-electron chi connectivity index (χ2n) is 5.23. The Hall–Kier alpha value is -1.87. The van der Waals surface area contributed by atoms with Crippen molar-refractivity contribution in [3.63, 3.8) is 0 Å². The molecule has 0 aliphatic rings. The topological polar surface area (TPSA) is 26.3 Å². The van der Waals surface area contributed by atoms with Crippen LogP contribution in [0, 0.1) is 12.7 Å². The van der Waals surface area contributed by atoms with Gasteiger partial charge in [-0.3, -0.25) is 4.79 Å². The summed E-state index contributed by atoms with van der Waals surface area (Å²) in [5.41, 5.74) is 2.05. The van der Waals surface area contributed by atoms with Crippen LogP contribution in [-0.4, -0.2) is 6.29 Å². The SMILES string of the molecule is Cc1cc(Cl)c(C(C)C)cc1Oc1cc(F)cc(C=O)c1. The third-order valence-corrected chi connectivity index (χ3v) is 3.50. The molecule has 21 heavy (non-hydrogen) atoms. The smallest absolute Gasteiger partial charge is 0.150 e. The molecular weight excluding hydrogens is 291 g/mol. The van der Waals surface area contributed by atoms with Crippen LogP contribution in [0.4, 0.5) is 4.39 Å². The molecule has 0 aliphatic carbocycles. The molecule has 0 spiro atoms. The average molecular weight is 307 g/mol. The van der Waals surface area contributed by atoms with Crippen LogP contribution in [0.1, 0.15) is 41.3 Å². The van der Waals surface area contributed by atoms with Gasteiger partial charge in [0.2, 0.25) is 0 Å². The van der Waals surface area contributed by atoms with E-state index in [9.17, 15) is 9.18 Å². The number of aryl methyl sites for hydroxylation is 1. The van der Waals surface area contributed by atoms with E-state index in [0.29, 0.717) is 17.1 Å². The van der Waals surface area contributed by atoms with Gasteiger partial charge in [-0.15, -0.1) is 0 Å². The largest absolute Gasteiger partial charge is 0.457 e. The minimum Gasteiger partial charge on any atom is -0.457 e. The predicted octanol–water partition coefficient (Wildman–Crippen LogP) is 5.52. The quantitative estimate of drug-likeness (QED) is 0.696. The summed E-state index contributed by atoms with van der Waals surface area (Å²) in [6.07, 6.45) is 0.588. The highest BCUT2D eigenvalue weighted by Gasteiger charge is 2.11. The summed E-state index contributed by atoms with van der Waals surface area (Å²) in [5, 5.41) is 0.683. The number of benzene rings is 2. The van der Waals surface area contributed by atoms with Crippen molar-refractivity contribution in [2.24, 2.45) is 0 Å². The lowest BCUT2D eigenvalue weighted by atomic mass is 10.0. The maximum absolute atomic E-state index is 13.4. The van der Waals surface area contributed by atoms with Crippen molar-refractivity contribution in [2.45, 2.75) is 26.7 Å². The van der Waals surface area contributed by atoms with Crippen molar-refractivity contribution < 1.29 is 13.9 Å². The Morgan fingerprint density at radius 2 is 1.90 bits per heavy atom. The molecular formula is C17H16ClFO2. The Kier molecular flexibility index (Phi) is 4.63. The molecule has 0 N–H and O–H groups in total. The Morgan fingerprint density at radius 3 is 2.52 bits per heavy atom. The van der Waals surface area contributed by atoms with Gasteiger partial charge >= 0.3 is 0 Å². The molecule has 4 heteroatoms. The van der Waals surface area contributed by atoms with E-state index in [0.717, 1.165) is 17.2 Å². The van der Waals surface area contributed by atoms with Gasteiger partial charge in [0.25, 0.3) is 0 Å². The monoisotopic (exact) mass is 306 g/mol. The van der Waals surface area contributed by atoms with Crippen LogP contribution in [-0.2, 0) is 0 Å². The molecule has 0 unspecified atom stereocenters. The minimum atomic E-state index is -0.509. The summed E-state index contributed by atoms with van der Waals surface area (Å²) in [6.45, 7) is 5.94. The van der Waals surface area contributed by atoms with Crippen LogP contribution in [0.5, 0.6) is 11.5 Å². The van der Waals surface area contributed by atoms with Crippen molar-refractivity contribution >= 4 is 17.9 Å². The van der Waals surface area contributed by atoms with E-state index in [2.05, 4.69) is 0 Å². The highest BCUT2D eigenvalue weighted by molar-refractivity contribution is 6.31. The van der Waals surface area contributed by atoms with Gasteiger partial charge in [-0.25, -0.2) is 4.39 Å². The molecule has 2 nitrogen and oxygen atoms in total. The highest BCUT2D eigenvalue weighted by atomic mass is 35.5. The van der Waals surface area contributed by atoms with Crippen molar-refractivity contribution in [1.82, 2.24) is 0 Å². The van der Waals surface area contributed by atoms with E-state index in [1.54, 1.807) is 0 Å². The predicted molar refractivity (Wildman–Crippen MR) is 82.1 cm³/mol. The maximum Gasteiger partial charge on any atom is 0.150 e. The summed E-state index contributed by atoms with van der Waals surface area (Å²) < 4.78 is 19.2. The number of carbonyl (C=O) groups is 1. The van der Waals surface area contributed by atoms with E-state index in [4.69, 9.17) is 16.3 Å². The molecule has 2 rings (SSSR count). The number of rotatable bonds is 4. The van der Waals surface area contributed by atoms with E-state index in [-0.39, 0.29) is 17.2 Å². The van der Waals surface area contributed by atoms with Crippen molar-refractivity contribution in [2.75, 3.05) is 0 Å². The van der Waals surface area contributed by atoms with E-state index in [1.165, 1.54) is 12.1 Å². The van der Waals surface area contributed by atoms with Gasteiger partial charge < -0.3 is 4.74 Å². The first-order chi connectivity index (χ1) is 9.90. The average Bonchev–Trinajstić information content (AvgIpc) is 2.40. The van der Waals surface area contributed by atoms with Gasteiger partial charge in [-0.05, 0) is 48.2 Å². The summed E-state index contributed by atoms with van der Waals surface area (Å²) >= 11 is 6.21. The Labute approximate surface area is 128 Å². The zero-order chi connectivity index (χ0) is 15.6. The lowest BCUT2D eigenvalue weighted by Gasteiger charge is -2.14. The van der Waals surface area contributed by atoms with Gasteiger partial charge in [0.15, 0.2) is 0 Å². The Morgan fingerprint density at radius 1 is 1.19 bits per heavy atom. The van der Waals surface area contributed by atoms with E-state index >= 15 is 0 Å². The molecule has 0 radical (unpaired) electrons. The summed E-state index contributed by atoms with van der Waals surface area (Å²) in [5.74, 6) is 0.631. The lowest BCUT2D eigenvalue weighted by molar-refractivity contribution is 0.112. The summed E-state index contributed by atoms with van der Waals surface area (Å²) in [6, 6.07) is 7.59. The third-order valence-electron chi connectivity index (χ3n) is 3.17. The van der Waals surface area contributed by atoms with Crippen LogP contribution in [0.2, 0.25) is 5.02 Å². The van der Waals surface area contributed by atoms with Gasteiger partial charge in [0.1, 0.15) is 23.6 Å². The molecule has 0 amide bonds. The number of carbonyl (C=O) groups excluding carboxylic acids is 1. The van der Waals surface area contributed by atoms with Gasteiger partial charge in [0.05, 0.1) is 0 Å². The van der Waals surface area contributed by atoms with Gasteiger partial charge in [0, 0.05) is 16.7 Å². The van der Waals surface area contributed by atoms with Crippen LogP contribution in [0.25, 0.3) is 0 Å². The number of hydrogen-bond acceptors (Lipinski definition) is 2. The number of ether oxygens (including phenoxy) is 1. The third kappa shape index (κ3) is 3.61. The number of hydrogen-bond donors (Lipinski definition) is 0. The second-order valence-corrected chi connectivity index (χ2v) is 5.64.